The third-order valence-electron chi connectivity index (χ3n) is 2.20. The molecule has 2 nitrogen and oxygen atoms in total. The molecule has 90 valence electrons. The van der Waals surface area contributed by atoms with Gasteiger partial charge >= 0.3 is 6.18 Å². The van der Waals surface area contributed by atoms with Gasteiger partial charge in [-0.1, -0.05) is 11.6 Å². The molecule has 0 bridgehead atoms. The second kappa shape index (κ2) is 4.61. The van der Waals surface area contributed by atoms with Gasteiger partial charge in [0.25, 0.3) is 0 Å². The summed E-state index contributed by atoms with van der Waals surface area (Å²) in [5.74, 6) is 0. The van der Waals surface area contributed by atoms with Crippen LogP contribution in [0.3, 0.4) is 0 Å². The number of alkyl halides is 3. The third kappa shape index (κ3) is 2.87. The van der Waals surface area contributed by atoms with Gasteiger partial charge in [-0.25, -0.2) is 0 Å². The van der Waals surface area contributed by atoms with Crippen LogP contribution < -0.4 is 5.73 Å². The van der Waals surface area contributed by atoms with Gasteiger partial charge < -0.3 is 10.8 Å². The fourth-order valence-corrected chi connectivity index (χ4v) is 1.48. The molecule has 0 amide bonds. The van der Waals surface area contributed by atoms with Crippen LogP contribution in [0.15, 0.2) is 18.2 Å². The van der Waals surface area contributed by atoms with Crippen LogP contribution in [-0.4, -0.2) is 11.2 Å². The molecule has 2 unspecified atom stereocenters. The predicted octanol–water partition coefficient (Wildman–Crippen LogP) is 2.74. The molecule has 2 atom stereocenters. The van der Waals surface area contributed by atoms with Gasteiger partial charge in [-0.2, -0.15) is 13.2 Å². The molecule has 0 fully saturated rings. The molecule has 1 aromatic rings. The van der Waals surface area contributed by atoms with Crippen LogP contribution in [0.2, 0.25) is 5.02 Å². The first kappa shape index (κ1) is 13.3. The first-order chi connectivity index (χ1) is 7.23. The van der Waals surface area contributed by atoms with Gasteiger partial charge in [-0.15, -0.1) is 0 Å². The van der Waals surface area contributed by atoms with Crippen molar-refractivity contribution in [3.63, 3.8) is 0 Å². The fourth-order valence-electron chi connectivity index (χ4n) is 1.24. The Morgan fingerprint density at radius 3 is 2.38 bits per heavy atom. The molecule has 1 rings (SSSR count). The van der Waals surface area contributed by atoms with Gasteiger partial charge in [0.15, 0.2) is 0 Å². The molecule has 6 heteroatoms. The van der Waals surface area contributed by atoms with Crippen molar-refractivity contribution in [2.75, 3.05) is 0 Å². The van der Waals surface area contributed by atoms with E-state index < -0.39 is 23.9 Å². The normalized spacial score (nSPS) is 15.9. The van der Waals surface area contributed by atoms with E-state index in [1.165, 1.54) is 6.92 Å². The lowest BCUT2D eigenvalue weighted by Crippen LogP contribution is -2.24. The lowest BCUT2D eigenvalue weighted by atomic mass is 10.0. The minimum Gasteiger partial charge on any atom is -0.391 e. The molecule has 0 aliphatic heterocycles. The standard InChI is InChI=1S/C10H11ClF3NO/c1-5(16)9(15)7-4-6(10(12,13)14)2-3-8(7)11/h2-5,9,16H,15H2,1H3. The van der Waals surface area contributed by atoms with E-state index in [9.17, 15) is 18.3 Å². The highest BCUT2D eigenvalue weighted by atomic mass is 35.5. The summed E-state index contributed by atoms with van der Waals surface area (Å²) in [6.45, 7) is 1.39. The molecule has 0 heterocycles. The second-order valence-corrected chi connectivity index (χ2v) is 3.91. The van der Waals surface area contributed by atoms with Gasteiger partial charge in [-0.3, -0.25) is 0 Å². The smallest absolute Gasteiger partial charge is 0.391 e. The Morgan fingerprint density at radius 2 is 1.94 bits per heavy atom. The summed E-state index contributed by atoms with van der Waals surface area (Å²) in [5.41, 5.74) is 4.81. The van der Waals surface area contributed by atoms with Gasteiger partial charge in [0.2, 0.25) is 0 Å². The molecule has 0 aliphatic rings. The Kier molecular flexibility index (Phi) is 3.83. The van der Waals surface area contributed by atoms with Gasteiger partial charge in [0, 0.05) is 5.02 Å². The van der Waals surface area contributed by atoms with Crippen LogP contribution in [0.25, 0.3) is 0 Å². The Labute approximate surface area is 95.8 Å². The van der Waals surface area contributed by atoms with Crippen molar-refractivity contribution in [1.82, 2.24) is 0 Å². The maximum Gasteiger partial charge on any atom is 0.416 e. The zero-order valence-corrected chi connectivity index (χ0v) is 9.18. The molecule has 0 saturated heterocycles. The first-order valence-corrected chi connectivity index (χ1v) is 4.91. The largest absolute Gasteiger partial charge is 0.416 e. The molecule has 0 radical (unpaired) electrons. The van der Waals surface area contributed by atoms with E-state index in [-0.39, 0.29) is 10.6 Å². The molecule has 1 aromatic carbocycles. The van der Waals surface area contributed by atoms with E-state index >= 15 is 0 Å². The van der Waals surface area contributed by atoms with Crippen molar-refractivity contribution in [1.29, 1.82) is 0 Å². The number of aliphatic hydroxyl groups is 1. The SMILES string of the molecule is CC(O)C(N)c1cc(C(F)(F)F)ccc1Cl. The molecule has 16 heavy (non-hydrogen) atoms. The highest BCUT2D eigenvalue weighted by molar-refractivity contribution is 6.31. The Morgan fingerprint density at radius 1 is 1.38 bits per heavy atom. The highest BCUT2D eigenvalue weighted by Crippen LogP contribution is 2.33. The number of halogens is 4. The quantitative estimate of drug-likeness (QED) is 0.851. The Hall–Kier alpha value is -0.780. The van der Waals surface area contributed by atoms with E-state index in [4.69, 9.17) is 17.3 Å². The van der Waals surface area contributed by atoms with Crippen molar-refractivity contribution in [2.45, 2.75) is 25.2 Å². The molecular formula is C10H11ClF3NO. The number of hydrogen-bond donors (Lipinski definition) is 2. The van der Waals surface area contributed by atoms with Crippen LogP contribution in [0.1, 0.15) is 24.1 Å². The Balaban J connectivity index is 3.19. The monoisotopic (exact) mass is 253 g/mol. The summed E-state index contributed by atoms with van der Waals surface area (Å²) in [6, 6.07) is 1.93. The van der Waals surface area contributed by atoms with Crippen molar-refractivity contribution < 1.29 is 18.3 Å². The maximum atomic E-state index is 12.4. The molecule has 0 spiro atoms. The average Bonchev–Trinajstić information content (AvgIpc) is 2.15. The van der Waals surface area contributed by atoms with Crippen LogP contribution in [0, 0.1) is 0 Å². The highest BCUT2D eigenvalue weighted by Gasteiger charge is 2.31. The van der Waals surface area contributed by atoms with E-state index in [0.717, 1.165) is 18.2 Å². The zero-order valence-electron chi connectivity index (χ0n) is 8.42. The van der Waals surface area contributed by atoms with Gasteiger partial charge in [0.1, 0.15) is 0 Å². The Bertz CT molecular complexity index is 379. The average molecular weight is 254 g/mol. The summed E-state index contributed by atoms with van der Waals surface area (Å²) < 4.78 is 37.3. The number of benzene rings is 1. The van der Waals surface area contributed by atoms with Crippen LogP contribution in [0.5, 0.6) is 0 Å². The van der Waals surface area contributed by atoms with Crippen molar-refractivity contribution in [3.05, 3.63) is 34.3 Å². The predicted molar refractivity (Wildman–Crippen MR) is 55.1 cm³/mol. The number of nitrogens with two attached hydrogens (primary N) is 1. The van der Waals surface area contributed by atoms with Crippen LogP contribution in [-0.2, 0) is 6.18 Å². The molecule has 0 saturated carbocycles. The molecular weight excluding hydrogens is 243 g/mol. The van der Waals surface area contributed by atoms with Crippen molar-refractivity contribution in [2.24, 2.45) is 5.73 Å². The number of hydrogen-bond acceptors (Lipinski definition) is 2. The van der Waals surface area contributed by atoms with Gasteiger partial charge in [-0.05, 0) is 30.7 Å². The second-order valence-electron chi connectivity index (χ2n) is 3.50. The molecule has 0 aromatic heterocycles. The topological polar surface area (TPSA) is 46.2 Å². The summed E-state index contributed by atoms with van der Waals surface area (Å²) in [5, 5.41) is 9.34. The summed E-state index contributed by atoms with van der Waals surface area (Å²) in [7, 11) is 0. The number of aliphatic hydroxyl groups excluding tert-OH is 1. The van der Waals surface area contributed by atoms with E-state index in [1.807, 2.05) is 0 Å². The van der Waals surface area contributed by atoms with Crippen molar-refractivity contribution in [3.8, 4) is 0 Å². The van der Waals surface area contributed by atoms with Crippen LogP contribution in [0.4, 0.5) is 13.2 Å². The number of rotatable bonds is 2. The van der Waals surface area contributed by atoms with E-state index in [1.54, 1.807) is 0 Å². The van der Waals surface area contributed by atoms with E-state index in [0.29, 0.717) is 0 Å². The summed E-state index contributed by atoms with van der Waals surface area (Å²) >= 11 is 5.73. The minimum absolute atomic E-state index is 0.0893. The first-order valence-electron chi connectivity index (χ1n) is 4.53. The third-order valence-corrected chi connectivity index (χ3v) is 2.55. The fraction of sp³-hybridized carbons (Fsp3) is 0.400. The zero-order chi connectivity index (χ0) is 12.5. The molecule has 0 aliphatic carbocycles. The summed E-state index contributed by atoms with van der Waals surface area (Å²) in [6.07, 6.45) is -5.42. The van der Waals surface area contributed by atoms with Crippen LogP contribution >= 0.6 is 11.6 Å². The lowest BCUT2D eigenvalue weighted by Gasteiger charge is -2.18. The minimum atomic E-state index is -4.45. The lowest BCUT2D eigenvalue weighted by molar-refractivity contribution is -0.137. The summed E-state index contributed by atoms with van der Waals surface area (Å²) in [4.78, 5) is 0. The van der Waals surface area contributed by atoms with Crippen molar-refractivity contribution >= 4 is 11.6 Å². The maximum absolute atomic E-state index is 12.4. The van der Waals surface area contributed by atoms with Gasteiger partial charge in [0.05, 0.1) is 17.7 Å². The molecule has 3 N–H and O–H groups in total. The van der Waals surface area contributed by atoms with E-state index in [2.05, 4.69) is 0 Å².